The zero-order valence-corrected chi connectivity index (χ0v) is 36.1. The molecular weight excluding hydrogens is 731 g/mol. The molecule has 0 bridgehead atoms. The molecular formula is C56H57N3O. The van der Waals surface area contributed by atoms with Gasteiger partial charge in [-0.3, -0.25) is 9.55 Å². The van der Waals surface area contributed by atoms with E-state index in [1.54, 1.807) is 24.4 Å². The van der Waals surface area contributed by atoms with Gasteiger partial charge in [-0.15, -0.1) is 0 Å². The van der Waals surface area contributed by atoms with Crippen LogP contribution in [0.4, 0.5) is 0 Å². The molecule has 0 aliphatic rings. The minimum absolute atomic E-state index is 0.0344. The molecule has 4 nitrogen and oxygen atoms in total. The van der Waals surface area contributed by atoms with Crippen molar-refractivity contribution in [1.82, 2.24) is 14.5 Å². The molecule has 0 unspecified atom stereocenters. The van der Waals surface area contributed by atoms with Crippen LogP contribution in [0.1, 0.15) is 98.4 Å². The number of hydrogen-bond donors (Lipinski definition) is 1. The van der Waals surface area contributed by atoms with Gasteiger partial charge < -0.3 is 5.11 Å². The van der Waals surface area contributed by atoms with E-state index in [4.69, 9.17) is 18.2 Å². The topological polar surface area (TPSA) is 50.9 Å². The van der Waals surface area contributed by atoms with Crippen molar-refractivity contribution in [3.05, 3.63) is 167 Å². The van der Waals surface area contributed by atoms with Crippen molar-refractivity contribution in [2.24, 2.45) is 0 Å². The second-order valence-electron chi connectivity index (χ2n) is 19.0. The van der Waals surface area contributed by atoms with Gasteiger partial charge in [0.15, 0.2) is 0 Å². The molecule has 0 atom stereocenters. The number of fused-ring (bicyclic) bond motifs is 1. The van der Waals surface area contributed by atoms with Crippen LogP contribution in [0.3, 0.4) is 0 Å². The average Bonchev–Trinajstić information content (AvgIpc) is 3.64. The fraction of sp³-hybridized carbons (Fsp3) is 0.250. The van der Waals surface area contributed by atoms with E-state index >= 15 is 0 Å². The minimum atomic E-state index is -2.50. The molecule has 0 aliphatic heterocycles. The molecule has 0 spiro atoms. The first-order valence-corrected chi connectivity index (χ1v) is 20.6. The molecule has 2 aromatic heterocycles. The summed E-state index contributed by atoms with van der Waals surface area (Å²) in [7, 11) is 0. The van der Waals surface area contributed by atoms with Crippen LogP contribution >= 0.6 is 0 Å². The molecule has 0 saturated heterocycles. The lowest BCUT2D eigenvalue weighted by Crippen LogP contribution is -2.12. The predicted octanol–water partition coefficient (Wildman–Crippen LogP) is 15.0. The average molecular weight is 794 g/mol. The lowest BCUT2D eigenvalue weighted by molar-refractivity contribution is 0.448. The van der Waals surface area contributed by atoms with Crippen molar-refractivity contribution in [3.8, 4) is 67.5 Å². The summed E-state index contributed by atoms with van der Waals surface area (Å²) in [5, 5.41) is 12.2. The fourth-order valence-electron chi connectivity index (χ4n) is 8.06. The fourth-order valence-corrected chi connectivity index (χ4v) is 8.06. The molecule has 4 heteroatoms. The Morgan fingerprint density at radius 1 is 0.517 bits per heavy atom. The highest BCUT2D eigenvalue weighted by Crippen LogP contribution is 2.44. The van der Waals surface area contributed by atoms with Crippen LogP contribution in [0.2, 0.25) is 0 Å². The summed E-state index contributed by atoms with van der Waals surface area (Å²) < 4.78 is 50.9. The number of hydrogen-bond acceptors (Lipinski definition) is 3. The maximum absolute atomic E-state index is 12.2. The number of benzene rings is 6. The van der Waals surface area contributed by atoms with Crippen LogP contribution < -0.4 is 0 Å². The number of phenols is 1. The van der Waals surface area contributed by atoms with E-state index in [0.29, 0.717) is 28.2 Å². The number of pyridine rings is 1. The Labute approximate surface area is 365 Å². The highest BCUT2D eigenvalue weighted by molar-refractivity contribution is 5.98. The number of aromatic nitrogens is 3. The minimum Gasteiger partial charge on any atom is -0.507 e. The second kappa shape index (κ2) is 15.1. The van der Waals surface area contributed by atoms with Gasteiger partial charge in [-0.1, -0.05) is 158 Å². The van der Waals surface area contributed by atoms with E-state index in [9.17, 15) is 5.11 Å². The number of aromatic hydroxyl groups is 1. The van der Waals surface area contributed by atoms with E-state index in [0.717, 1.165) is 55.7 Å². The number of aryl methyl sites for hydroxylation is 2. The third-order valence-electron chi connectivity index (χ3n) is 11.4. The zero-order valence-electron chi connectivity index (χ0n) is 42.1. The smallest absolute Gasteiger partial charge is 0.149 e. The lowest BCUT2D eigenvalue weighted by Gasteiger charge is -2.24. The monoisotopic (exact) mass is 793 g/mol. The standard InChI is InChI=1S/C56H57N3O/c1-35-27-36(2)29-39(28-35)38-25-26-57-48(33-38)41-30-40(31-43(32-41)55(6,7)8)44-19-16-22-50-51(44)58-53(45-20-15-21-47(52(45)60)56(9,10)11)59(50)49-24-23-42(54(3,4)5)34-46(49)37-17-13-12-14-18-37/h12-34,60H,1-11H3/i1D3,2D3. The normalized spacial score (nSPS) is 14.2. The van der Waals surface area contributed by atoms with Gasteiger partial charge in [-0.2, -0.15) is 0 Å². The van der Waals surface area contributed by atoms with Crippen molar-refractivity contribution in [2.75, 3.05) is 0 Å². The highest BCUT2D eigenvalue weighted by Gasteiger charge is 2.27. The van der Waals surface area contributed by atoms with Gasteiger partial charge in [0.1, 0.15) is 11.6 Å². The Morgan fingerprint density at radius 3 is 1.88 bits per heavy atom. The molecule has 0 aliphatic carbocycles. The van der Waals surface area contributed by atoms with Crippen molar-refractivity contribution < 1.29 is 13.3 Å². The van der Waals surface area contributed by atoms with Gasteiger partial charge in [-0.25, -0.2) is 4.98 Å². The SMILES string of the molecule is [2H]C([2H])([2H])c1cc(-c2ccnc(-c3cc(-c4cccc5c4nc(-c4cccc(C(C)(C)C)c4O)n5-c4ccc(C(C)(C)C)cc4-c4ccccc4)cc(C(C)(C)C)c3)c2)cc(C([2H])([2H])[2H])c1. The molecule has 1 N–H and O–H groups in total. The molecule has 6 aromatic carbocycles. The van der Waals surface area contributed by atoms with Crippen molar-refractivity contribution in [2.45, 2.75) is 92.3 Å². The Hall–Kier alpha value is -6.26. The number of imidazole rings is 1. The third kappa shape index (κ3) is 7.79. The summed E-state index contributed by atoms with van der Waals surface area (Å²) in [6.07, 6.45) is 1.67. The maximum atomic E-state index is 12.2. The van der Waals surface area contributed by atoms with Crippen molar-refractivity contribution >= 4 is 11.0 Å². The van der Waals surface area contributed by atoms with Crippen LogP contribution in [0, 0.1) is 13.7 Å². The Morgan fingerprint density at radius 2 is 1.20 bits per heavy atom. The number of para-hydroxylation sites is 2. The molecule has 2 heterocycles. The van der Waals surface area contributed by atoms with E-state index in [2.05, 4.69) is 146 Å². The zero-order chi connectivity index (χ0) is 47.7. The van der Waals surface area contributed by atoms with Crippen LogP contribution in [0.5, 0.6) is 5.75 Å². The van der Waals surface area contributed by atoms with Gasteiger partial charge in [0.05, 0.1) is 28.0 Å². The summed E-state index contributed by atoms with van der Waals surface area (Å²) in [5.41, 5.74) is 12.0. The van der Waals surface area contributed by atoms with Crippen molar-refractivity contribution in [1.29, 1.82) is 0 Å². The summed E-state index contributed by atoms with van der Waals surface area (Å²) >= 11 is 0. The third-order valence-corrected chi connectivity index (χ3v) is 11.4. The van der Waals surface area contributed by atoms with E-state index in [1.807, 2.05) is 30.3 Å². The molecule has 0 saturated carbocycles. The first-order chi connectivity index (χ1) is 30.8. The molecule has 0 fully saturated rings. The quantitative estimate of drug-likeness (QED) is 0.182. The number of phenolic OH excluding ortho intramolecular Hbond substituents is 1. The maximum Gasteiger partial charge on any atom is 0.149 e. The summed E-state index contributed by atoms with van der Waals surface area (Å²) in [5.74, 6) is 0.799. The van der Waals surface area contributed by atoms with Gasteiger partial charge in [0, 0.05) is 31.1 Å². The number of nitrogens with zero attached hydrogens (tertiary/aromatic N) is 3. The van der Waals surface area contributed by atoms with Gasteiger partial charge in [-0.05, 0) is 117 Å². The Kier molecular flexibility index (Phi) is 8.44. The van der Waals surface area contributed by atoms with E-state index in [-0.39, 0.29) is 33.1 Å². The first kappa shape index (κ1) is 33.6. The van der Waals surface area contributed by atoms with Gasteiger partial charge in [0.2, 0.25) is 0 Å². The molecule has 60 heavy (non-hydrogen) atoms. The van der Waals surface area contributed by atoms with E-state index in [1.165, 1.54) is 11.6 Å². The lowest BCUT2D eigenvalue weighted by atomic mass is 9.83. The Bertz CT molecular complexity index is 3090. The van der Waals surface area contributed by atoms with Gasteiger partial charge in [0.25, 0.3) is 0 Å². The van der Waals surface area contributed by atoms with Gasteiger partial charge >= 0.3 is 0 Å². The van der Waals surface area contributed by atoms with E-state index < -0.39 is 13.7 Å². The first-order valence-electron chi connectivity index (χ1n) is 23.6. The van der Waals surface area contributed by atoms with Crippen LogP contribution in [-0.2, 0) is 16.2 Å². The Balaban J connectivity index is 1.39. The van der Waals surface area contributed by atoms with Crippen LogP contribution in [0.15, 0.2) is 140 Å². The summed E-state index contributed by atoms with van der Waals surface area (Å²) in [6.45, 7) is 14.5. The largest absolute Gasteiger partial charge is 0.507 e. The predicted molar refractivity (Wildman–Crippen MR) is 253 cm³/mol. The molecule has 8 aromatic rings. The van der Waals surface area contributed by atoms with Crippen LogP contribution in [-0.4, -0.2) is 19.6 Å². The van der Waals surface area contributed by atoms with Crippen molar-refractivity contribution in [3.63, 3.8) is 0 Å². The van der Waals surface area contributed by atoms with Crippen LogP contribution in [0.25, 0.3) is 72.7 Å². The summed E-state index contributed by atoms with van der Waals surface area (Å²) in [6, 6.07) is 43.6. The molecule has 302 valence electrons. The summed E-state index contributed by atoms with van der Waals surface area (Å²) in [4.78, 5) is 10.4. The molecule has 0 radical (unpaired) electrons. The second-order valence-corrected chi connectivity index (χ2v) is 19.0. The highest BCUT2D eigenvalue weighted by atomic mass is 16.3. The number of rotatable bonds is 6. The molecule has 0 amide bonds. The molecule has 8 rings (SSSR count).